The van der Waals surface area contributed by atoms with Crippen LogP contribution in [-0.2, 0) is 0 Å². The lowest BCUT2D eigenvalue weighted by atomic mass is 10.1. The van der Waals surface area contributed by atoms with E-state index in [1.807, 2.05) is 32.1 Å². The molecule has 0 saturated heterocycles. The van der Waals surface area contributed by atoms with E-state index in [1.165, 1.54) is 0 Å². The zero-order chi connectivity index (χ0) is 9.84. The fraction of sp³-hybridized carbons (Fsp3) is 0.273. The number of methoxy groups -OCH3 is 1. The number of aromatic hydroxyl groups is 1. The first-order chi connectivity index (χ1) is 6.20. The molecule has 13 heavy (non-hydrogen) atoms. The van der Waals surface area contributed by atoms with Crippen molar-refractivity contribution in [2.24, 2.45) is 0 Å². The maximum Gasteiger partial charge on any atom is 0.163 e. The number of ether oxygens (including phenoxy) is 1. The molecule has 0 radical (unpaired) electrons. The third-order valence-electron chi connectivity index (χ3n) is 1.98. The SMILES string of the molecule is CC=Cc1ccc(O)c(OC)c1C. The molecule has 0 unspecified atom stereocenters. The van der Waals surface area contributed by atoms with Crippen LogP contribution in [0.15, 0.2) is 18.2 Å². The molecule has 2 nitrogen and oxygen atoms in total. The highest BCUT2D eigenvalue weighted by atomic mass is 16.5. The van der Waals surface area contributed by atoms with Gasteiger partial charge < -0.3 is 9.84 Å². The van der Waals surface area contributed by atoms with Gasteiger partial charge in [-0.25, -0.2) is 0 Å². The summed E-state index contributed by atoms with van der Waals surface area (Å²) in [5, 5.41) is 9.43. The maximum absolute atomic E-state index is 9.43. The monoisotopic (exact) mass is 178 g/mol. The molecule has 0 bridgehead atoms. The number of rotatable bonds is 2. The molecule has 70 valence electrons. The van der Waals surface area contributed by atoms with Crippen LogP contribution in [0, 0.1) is 6.92 Å². The van der Waals surface area contributed by atoms with E-state index >= 15 is 0 Å². The minimum Gasteiger partial charge on any atom is -0.504 e. The van der Waals surface area contributed by atoms with Gasteiger partial charge in [-0.05, 0) is 25.5 Å². The summed E-state index contributed by atoms with van der Waals surface area (Å²) in [6.45, 7) is 3.88. The predicted molar refractivity (Wildman–Crippen MR) is 54.1 cm³/mol. The molecule has 0 saturated carbocycles. The standard InChI is InChI=1S/C11H14O2/c1-4-5-9-6-7-10(12)11(13-3)8(9)2/h4-7,12H,1-3H3. The van der Waals surface area contributed by atoms with Crippen LogP contribution in [0.25, 0.3) is 6.08 Å². The van der Waals surface area contributed by atoms with E-state index in [2.05, 4.69) is 0 Å². The Morgan fingerprint density at radius 1 is 1.38 bits per heavy atom. The third-order valence-corrected chi connectivity index (χ3v) is 1.98. The molecule has 0 aliphatic carbocycles. The minimum absolute atomic E-state index is 0.188. The fourth-order valence-electron chi connectivity index (χ4n) is 1.31. The highest BCUT2D eigenvalue weighted by Gasteiger charge is 2.06. The van der Waals surface area contributed by atoms with Gasteiger partial charge >= 0.3 is 0 Å². The first kappa shape index (κ1) is 9.65. The van der Waals surface area contributed by atoms with Crippen LogP contribution >= 0.6 is 0 Å². The first-order valence-corrected chi connectivity index (χ1v) is 4.20. The number of allylic oxidation sites excluding steroid dienone is 1. The Morgan fingerprint density at radius 2 is 2.08 bits per heavy atom. The summed E-state index contributed by atoms with van der Waals surface area (Å²) in [5.74, 6) is 0.740. The molecule has 0 spiro atoms. The van der Waals surface area contributed by atoms with Crippen molar-refractivity contribution < 1.29 is 9.84 Å². The Labute approximate surface area is 78.5 Å². The van der Waals surface area contributed by atoms with Crippen molar-refractivity contribution in [2.75, 3.05) is 7.11 Å². The van der Waals surface area contributed by atoms with Crippen LogP contribution < -0.4 is 4.74 Å². The van der Waals surface area contributed by atoms with E-state index in [0.717, 1.165) is 11.1 Å². The second-order valence-corrected chi connectivity index (χ2v) is 2.83. The highest BCUT2D eigenvalue weighted by Crippen LogP contribution is 2.32. The zero-order valence-corrected chi connectivity index (χ0v) is 8.16. The molecule has 0 aliphatic rings. The van der Waals surface area contributed by atoms with Gasteiger partial charge in [0.2, 0.25) is 0 Å². The Kier molecular flexibility index (Phi) is 2.96. The minimum atomic E-state index is 0.188. The van der Waals surface area contributed by atoms with Gasteiger partial charge in [0.05, 0.1) is 7.11 Å². The van der Waals surface area contributed by atoms with E-state index in [-0.39, 0.29) is 5.75 Å². The van der Waals surface area contributed by atoms with Crippen molar-refractivity contribution in [3.05, 3.63) is 29.3 Å². The van der Waals surface area contributed by atoms with Crippen LogP contribution in [0.2, 0.25) is 0 Å². The van der Waals surface area contributed by atoms with Gasteiger partial charge in [0.15, 0.2) is 11.5 Å². The summed E-state index contributed by atoms with van der Waals surface area (Å²) in [6, 6.07) is 3.51. The smallest absolute Gasteiger partial charge is 0.163 e. The molecule has 0 fully saturated rings. The van der Waals surface area contributed by atoms with Crippen LogP contribution in [0.4, 0.5) is 0 Å². The first-order valence-electron chi connectivity index (χ1n) is 4.20. The predicted octanol–water partition coefficient (Wildman–Crippen LogP) is 2.74. The van der Waals surface area contributed by atoms with Gasteiger partial charge in [-0.2, -0.15) is 0 Å². The molecular formula is C11H14O2. The molecule has 1 N–H and O–H groups in total. The molecule has 0 amide bonds. The zero-order valence-electron chi connectivity index (χ0n) is 8.16. The summed E-state index contributed by atoms with van der Waals surface area (Å²) in [4.78, 5) is 0. The molecule has 0 aromatic heterocycles. The Bertz CT molecular complexity index is 327. The van der Waals surface area contributed by atoms with Crippen molar-refractivity contribution in [1.82, 2.24) is 0 Å². The van der Waals surface area contributed by atoms with Gasteiger partial charge in [0.25, 0.3) is 0 Å². The summed E-state index contributed by atoms with van der Waals surface area (Å²) in [5.41, 5.74) is 2.03. The lowest BCUT2D eigenvalue weighted by Crippen LogP contribution is -1.90. The third kappa shape index (κ3) is 1.83. The average molecular weight is 178 g/mol. The van der Waals surface area contributed by atoms with Gasteiger partial charge in [0, 0.05) is 5.56 Å². The summed E-state index contributed by atoms with van der Waals surface area (Å²) in [7, 11) is 1.56. The van der Waals surface area contributed by atoms with Crippen LogP contribution in [0.5, 0.6) is 11.5 Å². The van der Waals surface area contributed by atoms with E-state index in [4.69, 9.17) is 4.74 Å². The molecule has 1 aromatic rings. The molecule has 0 atom stereocenters. The quantitative estimate of drug-likeness (QED) is 0.754. The molecule has 2 heteroatoms. The van der Waals surface area contributed by atoms with Gasteiger partial charge in [-0.15, -0.1) is 0 Å². The normalized spacial score (nSPS) is 10.7. The van der Waals surface area contributed by atoms with Crippen LogP contribution in [-0.4, -0.2) is 12.2 Å². The second-order valence-electron chi connectivity index (χ2n) is 2.83. The molecule has 1 aromatic carbocycles. The van der Waals surface area contributed by atoms with Crippen molar-refractivity contribution in [3.63, 3.8) is 0 Å². The van der Waals surface area contributed by atoms with Crippen LogP contribution in [0.3, 0.4) is 0 Å². The largest absolute Gasteiger partial charge is 0.504 e. The summed E-state index contributed by atoms with van der Waals surface area (Å²) >= 11 is 0. The van der Waals surface area contributed by atoms with Crippen molar-refractivity contribution >= 4 is 6.08 Å². The lowest BCUT2D eigenvalue weighted by molar-refractivity contribution is 0.371. The molecular weight excluding hydrogens is 164 g/mol. The van der Waals surface area contributed by atoms with Crippen molar-refractivity contribution in [1.29, 1.82) is 0 Å². The number of hydrogen-bond acceptors (Lipinski definition) is 2. The Hall–Kier alpha value is -1.44. The average Bonchev–Trinajstić information content (AvgIpc) is 2.11. The van der Waals surface area contributed by atoms with Gasteiger partial charge in [-0.1, -0.05) is 18.2 Å². The molecule has 1 rings (SSSR count). The number of phenols is 1. The van der Waals surface area contributed by atoms with Crippen molar-refractivity contribution in [2.45, 2.75) is 13.8 Å². The summed E-state index contributed by atoms with van der Waals surface area (Å²) < 4.78 is 5.08. The Morgan fingerprint density at radius 3 is 2.62 bits per heavy atom. The van der Waals surface area contributed by atoms with E-state index < -0.39 is 0 Å². The molecule has 0 heterocycles. The van der Waals surface area contributed by atoms with E-state index in [0.29, 0.717) is 5.75 Å². The van der Waals surface area contributed by atoms with E-state index in [9.17, 15) is 5.11 Å². The molecule has 0 aliphatic heterocycles. The fourth-order valence-corrected chi connectivity index (χ4v) is 1.31. The topological polar surface area (TPSA) is 29.5 Å². The van der Waals surface area contributed by atoms with Crippen LogP contribution in [0.1, 0.15) is 18.1 Å². The van der Waals surface area contributed by atoms with Gasteiger partial charge in [-0.3, -0.25) is 0 Å². The highest BCUT2D eigenvalue weighted by molar-refractivity contribution is 5.61. The second kappa shape index (κ2) is 3.99. The number of hydrogen-bond donors (Lipinski definition) is 1. The van der Waals surface area contributed by atoms with E-state index in [1.54, 1.807) is 13.2 Å². The van der Waals surface area contributed by atoms with Crippen molar-refractivity contribution in [3.8, 4) is 11.5 Å². The van der Waals surface area contributed by atoms with Gasteiger partial charge in [0.1, 0.15) is 0 Å². The number of phenolic OH excluding ortho intramolecular Hbond substituents is 1. The summed E-state index contributed by atoms with van der Waals surface area (Å²) in [6.07, 6.45) is 3.94. The lowest BCUT2D eigenvalue weighted by Gasteiger charge is -2.09. The number of benzene rings is 1. The maximum atomic E-state index is 9.43. The Balaban J connectivity index is 3.27.